The third-order valence-electron chi connectivity index (χ3n) is 5.89. The van der Waals surface area contributed by atoms with E-state index in [4.69, 9.17) is 9.72 Å². The molecule has 28 heavy (non-hydrogen) atoms. The summed E-state index contributed by atoms with van der Waals surface area (Å²) in [7, 11) is 3.80. The van der Waals surface area contributed by atoms with E-state index in [-0.39, 0.29) is 5.91 Å². The lowest BCUT2D eigenvalue weighted by atomic mass is 10.0. The Bertz CT molecular complexity index is 837. The molecule has 2 aliphatic heterocycles. The predicted molar refractivity (Wildman–Crippen MR) is 107 cm³/mol. The first-order chi connectivity index (χ1) is 13.6. The predicted octanol–water partition coefficient (Wildman–Crippen LogP) is 2.77. The lowest BCUT2D eigenvalue weighted by molar-refractivity contribution is -0.131. The normalized spacial score (nSPS) is 19.9. The van der Waals surface area contributed by atoms with Gasteiger partial charge in [-0.25, -0.2) is 9.97 Å². The van der Waals surface area contributed by atoms with E-state index in [9.17, 15) is 4.79 Å². The van der Waals surface area contributed by atoms with Gasteiger partial charge in [0, 0.05) is 31.3 Å². The Balaban J connectivity index is 1.42. The summed E-state index contributed by atoms with van der Waals surface area (Å²) in [5, 5.41) is 0. The van der Waals surface area contributed by atoms with Gasteiger partial charge in [-0.15, -0.1) is 0 Å². The third-order valence-corrected chi connectivity index (χ3v) is 5.89. The zero-order valence-corrected chi connectivity index (χ0v) is 16.7. The van der Waals surface area contributed by atoms with Gasteiger partial charge in [0.25, 0.3) is 0 Å². The number of benzene rings is 1. The van der Waals surface area contributed by atoms with Crippen LogP contribution in [0.15, 0.2) is 30.5 Å². The molecule has 1 unspecified atom stereocenters. The Hall–Kier alpha value is -2.47. The van der Waals surface area contributed by atoms with Crippen molar-refractivity contribution in [3.05, 3.63) is 53.1 Å². The fourth-order valence-corrected chi connectivity index (χ4v) is 4.14. The van der Waals surface area contributed by atoms with Crippen LogP contribution in [0.25, 0.3) is 0 Å². The average molecular weight is 380 g/mol. The van der Waals surface area contributed by atoms with Crippen molar-refractivity contribution in [3.8, 4) is 5.75 Å². The van der Waals surface area contributed by atoms with E-state index in [0.29, 0.717) is 19.0 Å². The first-order valence-corrected chi connectivity index (χ1v) is 10.1. The van der Waals surface area contributed by atoms with Gasteiger partial charge in [0.15, 0.2) is 0 Å². The molecule has 0 spiro atoms. The number of hydrogen-bond acceptors (Lipinski definition) is 5. The maximum atomic E-state index is 12.7. The van der Waals surface area contributed by atoms with E-state index in [2.05, 4.69) is 16.9 Å². The number of fused-ring (bicyclic) bond motifs is 1. The van der Waals surface area contributed by atoms with Gasteiger partial charge in [-0.3, -0.25) is 9.69 Å². The van der Waals surface area contributed by atoms with Crippen molar-refractivity contribution in [2.75, 3.05) is 27.2 Å². The first kappa shape index (κ1) is 18.9. The van der Waals surface area contributed by atoms with Gasteiger partial charge < -0.3 is 9.64 Å². The summed E-state index contributed by atoms with van der Waals surface area (Å²) in [6.45, 7) is 2.43. The standard InChI is InChI=1S/C22H28N4O2/c1-25-11-4-3-5-20(25)22-23-14-17-15-26(12-10-19(17)24-22)21(27)13-16-6-8-18(28-2)9-7-16/h6-9,14,20H,3-5,10-13,15H2,1-2H3. The van der Waals surface area contributed by atoms with Crippen molar-refractivity contribution >= 4 is 5.91 Å². The van der Waals surface area contributed by atoms with E-state index >= 15 is 0 Å². The Morgan fingerprint density at radius 2 is 2.04 bits per heavy atom. The van der Waals surface area contributed by atoms with E-state index in [1.165, 1.54) is 12.8 Å². The third kappa shape index (κ3) is 4.02. The second-order valence-electron chi connectivity index (χ2n) is 7.78. The summed E-state index contributed by atoms with van der Waals surface area (Å²) in [6, 6.07) is 8.01. The summed E-state index contributed by atoms with van der Waals surface area (Å²) in [6.07, 6.45) is 6.77. The number of aromatic nitrogens is 2. The highest BCUT2D eigenvalue weighted by Crippen LogP contribution is 2.28. The summed E-state index contributed by atoms with van der Waals surface area (Å²) < 4.78 is 5.18. The lowest BCUT2D eigenvalue weighted by Crippen LogP contribution is -2.38. The molecule has 1 aromatic heterocycles. The largest absolute Gasteiger partial charge is 0.497 e. The second kappa shape index (κ2) is 8.27. The smallest absolute Gasteiger partial charge is 0.227 e. The maximum Gasteiger partial charge on any atom is 0.227 e. The van der Waals surface area contributed by atoms with Crippen LogP contribution in [0.4, 0.5) is 0 Å². The Kier molecular flexibility index (Phi) is 5.57. The molecule has 4 rings (SSSR count). The van der Waals surface area contributed by atoms with Gasteiger partial charge in [0.1, 0.15) is 11.6 Å². The minimum absolute atomic E-state index is 0.145. The number of likely N-dealkylation sites (tertiary alicyclic amines) is 1. The number of carbonyl (C=O) groups is 1. The summed E-state index contributed by atoms with van der Waals surface area (Å²) in [4.78, 5) is 26.6. The number of nitrogens with zero attached hydrogens (tertiary/aromatic N) is 4. The monoisotopic (exact) mass is 380 g/mol. The average Bonchev–Trinajstić information content (AvgIpc) is 2.74. The van der Waals surface area contributed by atoms with Crippen LogP contribution >= 0.6 is 0 Å². The molecule has 6 nitrogen and oxygen atoms in total. The van der Waals surface area contributed by atoms with Crippen molar-refractivity contribution in [1.82, 2.24) is 19.8 Å². The van der Waals surface area contributed by atoms with E-state index < -0.39 is 0 Å². The molecular formula is C22H28N4O2. The Morgan fingerprint density at radius 1 is 1.21 bits per heavy atom. The number of rotatable bonds is 4. The second-order valence-corrected chi connectivity index (χ2v) is 7.78. The molecule has 2 aliphatic rings. The van der Waals surface area contributed by atoms with Crippen LogP contribution in [0, 0.1) is 0 Å². The van der Waals surface area contributed by atoms with Crippen LogP contribution in [0.5, 0.6) is 5.75 Å². The van der Waals surface area contributed by atoms with Crippen molar-refractivity contribution in [1.29, 1.82) is 0 Å². The molecule has 148 valence electrons. The molecule has 1 atom stereocenters. The molecule has 2 aromatic rings. The maximum absolute atomic E-state index is 12.7. The molecule has 1 aromatic carbocycles. The van der Waals surface area contributed by atoms with E-state index in [0.717, 1.165) is 54.3 Å². The zero-order valence-electron chi connectivity index (χ0n) is 16.7. The molecule has 3 heterocycles. The molecular weight excluding hydrogens is 352 g/mol. The fourth-order valence-electron chi connectivity index (χ4n) is 4.14. The SMILES string of the molecule is COc1ccc(CC(=O)N2CCc3nc(C4CCCCN4C)ncc3C2)cc1. The molecule has 1 amide bonds. The molecule has 0 saturated carbocycles. The summed E-state index contributed by atoms with van der Waals surface area (Å²) in [5.41, 5.74) is 3.19. The van der Waals surface area contributed by atoms with E-state index in [1.54, 1.807) is 7.11 Å². The van der Waals surface area contributed by atoms with Crippen LogP contribution in [0.3, 0.4) is 0 Å². The number of piperidine rings is 1. The van der Waals surface area contributed by atoms with Gasteiger partial charge in [-0.2, -0.15) is 0 Å². The summed E-state index contributed by atoms with van der Waals surface area (Å²) >= 11 is 0. The van der Waals surface area contributed by atoms with Crippen molar-refractivity contribution < 1.29 is 9.53 Å². The molecule has 0 bridgehead atoms. The van der Waals surface area contributed by atoms with E-state index in [1.807, 2.05) is 35.4 Å². The minimum Gasteiger partial charge on any atom is -0.497 e. The van der Waals surface area contributed by atoms with Crippen LogP contribution in [0.1, 0.15) is 47.9 Å². The molecule has 0 aliphatic carbocycles. The van der Waals surface area contributed by atoms with Crippen molar-refractivity contribution in [2.45, 2.75) is 44.7 Å². The number of hydrogen-bond donors (Lipinski definition) is 0. The highest BCUT2D eigenvalue weighted by Gasteiger charge is 2.26. The highest BCUT2D eigenvalue weighted by molar-refractivity contribution is 5.79. The number of ether oxygens (including phenoxy) is 1. The van der Waals surface area contributed by atoms with Crippen LogP contribution < -0.4 is 4.74 Å². The lowest BCUT2D eigenvalue weighted by Gasteiger charge is -2.33. The molecule has 0 radical (unpaired) electrons. The van der Waals surface area contributed by atoms with Gasteiger partial charge in [0.2, 0.25) is 5.91 Å². The van der Waals surface area contributed by atoms with Crippen LogP contribution in [-0.4, -0.2) is 52.9 Å². The minimum atomic E-state index is 0.145. The molecule has 6 heteroatoms. The van der Waals surface area contributed by atoms with Gasteiger partial charge in [-0.05, 0) is 44.1 Å². The van der Waals surface area contributed by atoms with Gasteiger partial charge in [-0.1, -0.05) is 18.6 Å². The quantitative estimate of drug-likeness (QED) is 0.816. The zero-order chi connectivity index (χ0) is 19.5. The molecule has 1 saturated heterocycles. The Morgan fingerprint density at radius 3 is 2.79 bits per heavy atom. The van der Waals surface area contributed by atoms with Gasteiger partial charge >= 0.3 is 0 Å². The van der Waals surface area contributed by atoms with Crippen molar-refractivity contribution in [2.24, 2.45) is 0 Å². The van der Waals surface area contributed by atoms with Crippen molar-refractivity contribution in [3.63, 3.8) is 0 Å². The topological polar surface area (TPSA) is 58.6 Å². The number of carbonyl (C=O) groups excluding carboxylic acids is 1. The summed E-state index contributed by atoms with van der Waals surface area (Å²) in [5.74, 6) is 1.89. The van der Waals surface area contributed by atoms with Crippen LogP contribution in [0.2, 0.25) is 0 Å². The highest BCUT2D eigenvalue weighted by atomic mass is 16.5. The number of amides is 1. The molecule has 0 N–H and O–H groups in total. The first-order valence-electron chi connectivity index (χ1n) is 10.1. The Labute approximate surface area is 166 Å². The van der Waals surface area contributed by atoms with Gasteiger partial charge in [0.05, 0.1) is 25.3 Å². The molecule has 1 fully saturated rings. The van der Waals surface area contributed by atoms with Crippen LogP contribution in [-0.2, 0) is 24.2 Å². The number of methoxy groups -OCH3 is 1. The fraction of sp³-hybridized carbons (Fsp3) is 0.500.